The summed E-state index contributed by atoms with van der Waals surface area (Å²) in [7, 11) is 0. The topological polar surface area (TPSA) is 75.4 Å². The maximum atomic E-state index is 12.5. The van der Waals surface area contributed by atoms with E-state index in [1.165, 1.54) is 25.7 Å². The number of nitrogens with one attached hydrogen (secondary N) is 1. The maximum absolute atomic E-state index is 12.5. The fourth-order valence-electron chi connectivity index (χ4n) is 3.96. The summed E-state index contributed by atoms with van der Waals surface area (Å²) < 4.78 is 0. The molecule has 2 fully saturated rings. The molecule has 1 saturated heterocycles. The van der Waals surface area contributed by atoms with Gasteiger partial charge in [0.05, 0.1) is 5.92 Å². The Morgan fingerprint density at radius 3 is 2.28 bits per heavy atom. The number of hydrogen-bond donors (Lipinski definition) is 2. The van der Waals surface area contributed by atoms with Crippen LogP contribution in [0.25, 0.3) is 0 Å². The van der Waals surface area contributed by atoms with Gasteiger partial charge in [-0.05, 0) is 49.9 Å². The highest BCUT2D eigenvalue weighted by Crippen LogP contribution is 2.24. The summed E-state index contributed by atoms with van der Waals surface area (Å²) in [5.41, 5.74) is 7.21. The summed E-state index contributed by atoms with van der Waals surface area (Å²) in [6.45, 7) is 1.60. The smallest absolute Gasteiger partial charge is 0.251 e. The summed E-state index contributed by atoms with van der Waals surface area (Å²) in [4.78, 5) is 26.1. The van der Waals surface area contributed by atoms with E-state index in [0.29, 0.717) is 18.2 Å². The molecule has 1 aliphatic carbocycles. The molecule has 5 heteroatoms. The highest BCUT2D eigenvalue weighted by Gasteiger charge is 2.24. The molecule has 3 N–H and O–H groups in total. The second-order valence-electron chi connectivity index (χ2n) is 7.40. The summed E-state index contributed by atoms with van der Waals surface area (Å²) >= 11 is 0. The van der Waals surface area contributed by atoms with Crippen molar-refractivity contribution in [3.8, 4) is 0 Å². The van der Waals surface area contributed by atoms with E-state index in [1.807, 2.05) is 24.3 Å². The van der Waals surface area contributed by atoms with Crippen LogP contribution >= 0.6 is 0 Å². The van der Waals surface area contributed by atoms with Crippen molar-refractivity contribution in [3.05, 3.63) is 29.8 Å². The van der Waals surface area contributed by atoms with Crippen LogP contribution < -0.4 is 16.0 Å². The first-order chi connectivity index (χ1) is 12.1. The summed E-state index contributed by atoms with van der Waals surface area (Å²) in [5, 5.41) is 3.18. The number of carbonyl (C=O) groups excluding carboxylic acids is 2. The SMILES string of the molecule is NC(=O)[C@H]1CCCN(c2ccc(C(=O)NC3CCCCCC3)cc2)C1. The molecule has 0 unspecified atom stereocenters. The largest absolute Gasteiger partial charge is 0.371 e. The predicted molar refractivity (Wildman–Crippen MR) is 99.5 cm³/mol. The standard InChI is InChI=1S/C20H29N3O2/c21-19(24)16-6-5-13-23(14-16)18-11-9-15(10-12-18)20(25)22-17-7-3-1-2-4-8-17/h9-12,16-17H,1-8,13-14H2,(H2,21,24)(H,22,25)/t16-/m0/s1. The first kappa shape index (κ1) is 17.8. The predicted octanol–water partition coefficient (Wildman–Crippen LogP) is 2.84. The van der Waals surface area contributed by atoms with Crippen molar-refractivity contribution in [1.29, 1.82) is 0 Å². The third-order valence-electron chi connectivity index (χ3n) is 5.51. The molecule has 1 aromatic rings. The minimum Gasteiger partial charge on any atom is -0.371 e. The molecule has 2 amide bonds. The van der Waals surface area contributed by atoms with E-state index in [2.05, 4.69) is 10.2 Å². The number of nitrogens with two attached hydrogens (primary N) is 1. The summed E-state index contributed by atoms with van der Waals surface area (Å²) in [6, 6.07) is 8.04. The second-order valence-corrected chi connectivity index (χ2v) is 7.40. The minimum absolute atomic E-state index is 0.0205. The first-order valence-electron chi connectivity index (χ1n) is 9.58. The Morgan fingerprint density at radius 1 is 0.960 bits per heavy atom. The van der Waals surface area contributed by atoms with E-state index >= 15 is 0 Å². The second kappa shape index (κ2) is 8.37. The number of carbonyl (C=O) groups is 2. The van der Waals surface area contributed by atoms with Gasteiger partial charge in [0.1, 0.15) is 0 Å². The zero-order valence-electron chi connectivity index (χ0n) is 14.9. The van der Waals surface area contributed by atoms with Gasteiger partial charge in [0.2, 0.25) is 5.91 Å². The van der Waals surface area contributed by atoms with Crippen LogP contribution in [0.15, 0.2) is 24.3 Å². The first-order valence-corrected chi connectivity index (χ1v) is 9.58. The Hall–Kier alpha value is -2.04. The molecule has 25 heavy (non-hydrogen) atoms. The van der Waals surface area contributed by atoms with E-state index in [9.17, 15) is 9.59 Å². The average Bonchev–Trinajstić information content (AvgIpc) is 2.90. The summed E-state index contributed by atoms with van der Waals surface area (Å²) in [6.07, 6.45) is 9.00. The third-order valence-corrected chi connectivity index (χ3v) is 5.51. The van der Waals surface area contributed by atoms with Crippen LogP contribution in [-0.4, -0.2) is 30.9 Å². The van der Waals surface area contributed by atoms with Crippen molar-refractivity contribution in [1.82, 2.24) is 5.32 Å². The van der Waals surface area contributed by atoms with Crippen LogP contribution in [0.3, 0.4) is 0 Å². The number of hydrogen-bond acceptors (Lipinski definition) is 3. The molecule has 5 nitrogen and oxygen atoms in total. The van der Waals surface area contributed by atoms with Gasteiger partial charge in [0.15, 0.2) is 0 Å². The Kier molecular flexibility index (Phi) is 5.95. The van der Waals surface area contributed by atoms with Crippen molar-refractivity contribution in [3.63, 3.8) is 0 Å². The van der Waals surface area contributed by atoms with E-state index < -0.39 is 0 Å². The number of piperidine rings is 1. The van der Waals surface area contributed by atoms with Gasteiger partial charge in [0.25, 0.3) is 5.91 Å². The third kappa shape index (κ3) is 4.74. The molecule has 2 aliphatic rings. The lowest BCUT2D eigenvalue weighted by atomic mass is 9.97. The fourth-order valence-corrected chi connectivity index (χ4v) is 3.96. The Morgan fingerprint density at radius 2 is 1.64 bits per heavy atom. The van der Waals surface area contributed by atoms with Crippen LogP contribution in [0.2, 0.25) is 0 Å². The van der Waals surface area contributed by atoms with Crippen molar-refractivity contribution >= 4 is 17.5 Å². The highest BCUT2D eigenvalue weighted by atomic mass is 16.2. The lowest BCUT2D eigenvalue weighted by molar-refractivity contribution is -0.122. The number of anilines is 1. The van der Waals surface area contributed by atoms with Gasteiger partial charge in [-0.15, -0.1) is 0 Å². The molecule has 0 bridgehead atoms. The zero-order chi connectivity index (χ0) is 17.6. The van der Waals surface area contributed by atoms with Gasteiger partial charge in [-0.3, -0.25) is 9.59 Å². The van der Waals surface area contributed by atoms with Crippen molar-refractivity contribution in [2.45, 2.75) is 57.4 Å². The van der Waals surface area contributed by atoms with Gasteiger partial charge >= 0.3 is 0 Å². The van der Waals surface area contributed by atoms with Crippen LogP contribution in [0, 0.1) is 5.92 Å². The lowest BCUT2D eigenvalue weighted by Gasteiger charge is -2.33. The van der Waals surface area contributed by atoms with Crippen molar-refractivity contribution < 1.29 is 9.59 Å². The van der Waals surface area contributed by atoms with Crippen LogP contribution in [0.4, 0.5) is 5.69 Å². The number of amides is 2. The van der Waals surface area contributed by atoms with E-state index in [-0.39, 0.29) is 17.7 Å². The van der Waals surface area contributed by atoms with Gasteiger partial charge in [-0.25, -0.2) is 0 Å². The number of primary amides is 1. The number of rotatable bonds is 4. The zero-order valence-corrected chi connectivity index (χ0v) is 14.9. The normalized spacial score (nSPS) is 22.2. The lowest BCUT2D eigenvalue weighted by Crippen LogP contribution is -2.41. The molecule has 1 saturated carbocycles. The molecule has 0 radical (unpaired) electrons. The maximum Gasteiger partial charge on any atom is 0.251 e. The molecular formula is C20H29N3O2. The summed E-state index contributed by atoms with van der Waals surface area (Å²) in [5.74, 6) is -0.275. The molecule has 0 aromatic heterocycles. The van der Waals surface area contributed by atoms with Crippen LogP contribution in [0.1, 0.15) is 61.7 Å². The molecule has 3 rings (SSSR count). The Bertz CT molecular complexity index is 591. The number of benzene rings is 1. The van der Waals surface area contributed by atoms with Gasteiger partial charge in [0, 0.05) is 30.4 Å². The molecule has 0 spiro atoms. The fraction of sp³-hybridized carbons (Fsp3) is 0.600. The molecule has 1 aromatic carbocycles. The van der Waals surface area contributed by atoms with E-state index in [0.717, 1.165) is 37.9 Å². The van der Waals surface area contributed by atoms with Gasteiger partial charge in [-0.1, -0.05) is 25.7 Å². The molecule has 1 aliphatic heterocycles. The minimum atomic E-state index is -0.218. The molecule has 1 heterocycles. The van der Waals surface area contributed by atoms with Crippen molar-refractivity contribution in [2.75, 3.05) is 18.0 Å². The number of nitrogens with zero attached hydrogens (tertiary/aromatic N) is 1. The Balaban J connectivity index is 1.59. The Labute approximate surface area is 150 Å². The monoisotopic (exact) mass is 343 g/mol. The van der Waals surface area contributed by atoms with E-state index in [1.54, 1.807) is 0 Å². The quantitative estimate of drug-likeness (QED) is 0.826. The highest BCUT2D eigenvalue weighted by molar-refractivity contribution is 5.94. The van der Waals surface area contributed by atoms with Gasteiger partial charge in [-0.2, -0.15) is 0 Å². The average molecular weight is 343 g/mol. The van der Waals surface area contributed by atoms with E-state index in [4.69, 9.17) is 5.73 Å². The van der Waals surface area contributed by atoms with Gasteiger partial charge < -0.3 is 16.0 Å². The molecular weight excluding hydrogens is 314 g/mol. The molecule has 1 atom stereocenters. The van der Waals surface area contributed by atoms with Crippen LogP contribution in [0.5, 0.6) is 0 Å². The van der Waals surface area contributed by atoms with Crippen LogP contribution in [-0.2, 0) is 4.79 Å². The molecule has 136 valence electrons. The van der Waals surface area contributed by atoms with Crippen molar-refractivity contribution in [2.24, 2.45) is 11.7 Å².